The molecule has 0 aromatic heterocycles. The van der Waals surface area contributed by atoms with E-state index in [1.807, 2.05) is 26.2 Å². The molecule has 0 aromatic carbocycles. The van der Waals surface area contributed by atoms with Crippen LogP contribution < -0.4 is 0 Å². The highest BCUT2D eigenvalue weighted by atomic mass is 15.1. The molecule has 0 spiro atoms. The number of hydrogen-bond donors (Lipinski definition) is 0. The maximum atomic E-state index is 3.86. The maximum Gasteiger partial charge on any atom is 0.0428 e. The van der Waals surface area contributed by atoms with E-state index in [9.17, 15) is 0 Å². The Morgan fingerprint density at radius 2 is 2.11 bits per heavy atom. The van der Waals surface area contributed by atoms with Gasteiger partial charge in [-0.05, 0) is 11.6 Å². The average molecular weight is 121 g/mol. The zero-order valence-corrected chi connectivity index (χ0v) is 5.89. The summed E-state index contributed by atoms with van der Waals surface area (Å²) < 4.78 is 0. The summed E-state index contributed by atoms with van der Waals surface area (Å²) in [6.45, 7) is 3.86. The lowest BCUT2D eigenvalue weighted by Crippen LogP contribution is -2.09. The van der Waals surface area contributed by atoms with Gasteiger partial charge < -0.3 is 4.90 Å². The van der Waals surface area contributed by atoms with Crippen LogP contribution in [-0.2, 0) is 0 Å². The lowest BCUT2D eigenvalue weighted by atomic mass is 10.2. The van der Waals surface area contributed by atoms with Crippen LogP contribution in [0.3, 0.4) is 0 Å². The Bertz CT molecular complexity index is 185. The van der Waals surface area contributed by atoms with Gasteiger partial charge in [-0.3, -0.25) is 0 Å². The van der Waals surface area contributed by atoms with E-state index in [1.165, 1.54) is 5.70 Å². The van der Waals surface area contributed by atoms with Crippen molar-refractivity contribution in [3.05, 3.63) is 36.1 Å². The van der Waals surface area contributed by atoms with Crippen molar-refractivity contribution in [2.75, 3.05) is 14.1 Å². The molecule has 1 heteroatoms. The minimum atomic E-state index is 1.10. The van der Waals surface area contributed by atoms with E-state index in [1.54, 1.807) is 0 Å². The first-order valence-corrected chi connectivity index (χ1v) is 2.97. The normalized spacial score (nSPS) is 16.2. The van der Waals surface area contributed by atoms with E-state index < -0.39 is 0 Å². The first-order chi connectivity index (χ1) is 4.22. The van der Waals surface area contributed by atoms with Gasteiger partial charge in [0.1, 0.15) is 0 Å². The highest BCUT2D eigenvalue weighted by Gasteiger charge is 2.03. The summed E-state index contributed by atoms with van der Waals surface area (Å²) in [6, 6.07) is 0. The molecule has 0 bridgehead atoms. The summed E-state index contributed by atoms with van der Waals surface area (Å²) in [4.78, 5) is 2.06. The fraction of sp³-hybridized carbons (Fsp3) is 0.250. The predicted molar refractivity (Wildman–Crippen MR) is 40.1 cm³/mol. The molecule has 0 fully saturated rings. The zero-order valence-electron chi connectivity index (χ0n) is 5.89. The second kappa shape index (κ2) is 2.09. The van der Waals surface area contributed by atoms with Gasteiger partial charge in [-0.2, -0.15) is 0 Å². The van der Waals surface area contributed by atoms with Crippen molar-refractivity contribution < 1.29 is 0 Å². The molecule has 0 saturated carbocycles. The molecule has 0 amide bonds. The summed E-state index contributed by atoms with van der Waals surface area (Å²) >= 11 is 0. The fourth-order valence-electron chi connectivity index (χ4n) is 0.884. The Kier molecular flexibility index (Phi) is 1.43. The molecule has 9 heavy (non-hydrogen) atoms. The SMILES string of the molecule is C=C1C=CC=C1N(C)C. The quantitative estimate of drug-likeness (QED) is 0.509. The molecule has 0 radical (unpaired) electrons. The molecule has 0 aromatic rings. The van der Waals surface area contributed by atoms with Crippen molar-refractivity contribution in [2.24, 2.45) is 0 Å². The van der Waals surface area contributed by atoms with Gasteiger partial charge in [0, 0.05) is 19.8 Å². The molecule has 0 atom stereocenters. The van der Waals surface area contributed by atoms with Crippen LogP contribution in [0.1, 0.15) is 0 Å². The number of nitrogens with zero attached hydrogens (tertiary/aromatic N) is 1. The lowest BCUT2D eigenvalue weighted by molar-refractivity contribution is 0.527. The monoisotopic (exact) mass is 121 g/mol. The van der Waals surface area contributed by atoms with E-state index in [2.05, 4.69) is 17.6 Å². The van der Waals surface area contributed by atoms with Crippen LogP contribution in [0.4, 0.5) is 0 Å². The minimum Gasteiger partial charge on any atom is -0.377 e. The fourth-order valence-corrected chi connectivity index (χ4v) is 0.884. The van der Waals surface area contributed by atoms with Crippen LogP contribution in [0, 0.1) is 0 Å². The van der Waals surface area contributed by atoms with Crippen LogP contribution in [-0.4, -0.2) is 19.0 Å². The Morgan fingerprint density at radius 3 is 2.33 bits per heavy atom. The Balaban J connectivity index is 2.76. The summed E-state index contributed by atoms with van der Waals surface area (Å²) in [5.41, 5.74) is 2.30. The number of rotatable bonds is 1. The highest BCUT2D eigenvalue weighted by molar-refractivity contribution is 5.45. The molecular formula is C8H11N. The van der Waals surface area contributed by atoms with Crippen molar-refractivity contribution in [1.29, 1.82) is 0 Å². The number of hydrogen-bond acceptors (Lipinski definition) is 1. The summed E-state index contributed by atoms with van der Waals surface area (Å²) in [5, 5.41) is 0. The third-order valence-electron chi connectivity index (χ3n) is 1.36. The molecule has 48 valence electrons. The Labute approximate surface area is 56.0 Å². The smallest absolute Gasteiger partial charge is 0.0428 e. The first-order valence-electron chi connectivity index (χ1n) is 2.97. The van der Waals surface area contributed by atoms with Crippen LogP contribution in [0.15, 0.2) is 36.1 Å². The zero-order chi connectivity index (χ0) is 6.85. The van der Waals surface area contributed by atoms with Gasteiger partial charge in [-0.1, -0.05) is 18.7 Å². The number of allylic oxidation sites excluding steroid dienone is 3. The van der Waals surface area contributed by atoms with Crippen LogP contribution in [0.25, 0.3) is 0 Å². The average Bonchev–Trinajstić information content (AvgIpc) is 2.13. The number of likely N-dealkylation sites (N-methyl/N-ethyl adjacent to an activating group) is 1. The van der Waals surface area contributed by atoms with Gasteiger partial charge in [0.25, 0.3) is 0 Å². The van der Waals surface area contributed by atoms with E-state index in [0.717, 1.165) is 5.57 Å². The molecule has 1 nitrogen and oxygen atoms in total. The van der Waals surface area contributed by atoms with Gasteiger partial charge >= 0.3 is 0 Å². The van der Waals surface area contributed by atoms with Crippen LogP contribution >= 0.6 is 0 Å². The van der Waals surface area contributed by atoms with Gasteiger partial charge in [-0.25, -0.2) is 0 Å². The summed E-state index contributed by atoms with van der Waals surface area (Å²) in [7, 11) is 4.04. The molecule has 1 aliphatic carbocycles. The predicted octanol–water partition coefficient (Wildman–Crippen LogP) is 1.56. The highest BCUT2D eigenvalue weighted by Crippen LogP contribution is 2.16. The van der Waals surface area contributed by atoms with E-state index in [-0.39, 0.29) is 0 Å². The third-order valence-corrected chi connectivity index (χ3v) is 1.36. The van der Waals surface area contributed by atoms with Crippen molar-refractivity contribution in [1.82, 2.24) is 4.90 Å². The van der Waals surface area contributed by atoms with Crippen molar-refractivity contribution in [2.45, 2.75) is 0 Å². The van der Waals surface area contributed by atoms with E-state index in [0.29, 0.717) is 0 Å². The lowest BCUT2D eigenvalue weighted by Gasteiger charge is -2.13. The van der Waals surface area contributed by atoms with E-state index in [4.69, 9.17) is 0 Å². The molecule has 0 heterocycles. The van der Waals surface area contributed by atoms with Gasteiger partial charge in [0.15, 0.2) is 0 Å². The van der Waals surface area contributed by atoms with Crippen LogP contribution in [0.5, 0.6) is 0 Å². The first kappa shape index (κ1) is 6.14. The standard InChI is InChI=1S/C8H11N/c1-7-5-4-6-8(7)9(2)3/h4-6H,1H2,2-3H3. The Hall–Kier alpha value is -0.980. The molecule has 1 rings (SSSR count). The maximum absolute atomic E-state index is 3.86. The molecule has 0 saturated heterocycles. The molecule has 0 aliphatic heterocycles. The minimum absolute atomic E-state index is 1.10. The van der Waals surface area contributed by atoms with Gasteiger partial charge in [-0.15, -0.1) is 0 Å². The molecule has 0 unspecified atom stereocenters. The molecular weight excluding hydrogens is 110 g/mol. The topological polar surface area (TPSA) is 3.24 Å². The summed E-state index contributed by atoms with van der Waals surface area (Å²) in [6.07, 6.45) is 6.08. The van der Waals surface area contributed by atoms with Crippen molar-refractivity contribution in [3.8, 4) is 0 Å². The summed E-state index contributed by atoms with van der Waals surface area (Å²) in [5.74, 6) is 0. The second-order valence-electron chi connectivity index (χ2n) is 2.33. The second-order valence-corrected chi connectivity index (χ2v) is 2.33. The van der Waals surface area contributed by atoms with Gasteiger partial charge in [0.05, 0.1) is 0 Å². The van der Waals surface area contributed by atoms with Crippen molar-refractivity contribution >= 4 is 0 Å². The molecule has 1 aliphatic rings. The van der Waals surface area contributed by atoms with Crippen LogP contribution in [0.2, 0.25) is 0 Å². The largest absolute Gasteiger partial charge is 0.377 e. The van der Waals surface area contributed by atoms with E-state index >= 15 is 0 Å². The third kappa shape index (κ3) is 1.04. The Morgan fingerprint density at radius 1 is 1.44 bits per heavy atom. The van der Waals surface area contributed by atoms with Gasteiger partial charge in [0.2, 0.25) is 0 Å². The molecule has 0 N–H and O–H groups in total. The van der Waals surface area contributed by atoms with Crippen molar-refractivity contribution in [3.63, 3.8) is 0 Å².